The summed E-state index contributed by atoms with van der Waals surface area (Å²) >= 11 is 6.11. The van der Waals surface area contributed by atoms with Gasteiger partial charge < -0.3 is 21.1 Å². The lowest BCUT2D eigenvalue weighted by atomic mass is 9.89. The van der Waals surface area contributed by atoms with Gasteiger partial charge in [-0.3, -0.25) is 9.59 Å². The third kappa shape index (κ3) is 6.72. The number of halogens is 1. The second-order valence-corrected chi connectivity index (χ2v) is 11.2. The van der Waals surface area contributed by atoms with E-state index in [4.69, 9.17) is 22.1 Å². The number of carbonyl (C=O) groups is 3. The Balaban J connectivity index is 1.33. The van der Waals surface area contributed by atoms with Gasteiger partial charge in [0.25, 0.3) is 0 Å². The maximum atomic E-state index is 13.1. The fourth-order valence-corrected chi connectivity index (χ4v) is 4.87. The summed E-state index contributed by atoms with van der Waals surface area (Å²) in [5.41, 5.74) is 6.21. The summed E-state index contributed by atoms with van der Waals surface area (Å²) in [5.74, 6) is 0.131. The van der Waals surface area contributed by atoms with Crippen LogP contribution >= 0.6 is 11.6 Å². The highest BCUT2D eigenvalue weighted by Crippen LogP contribution is 2.49. The minimum absolute atomic E-state index is 0.102. The zero-order valence-electron chi connectivity index (χ0n) is 20.1. The van der Waals surface area contributed by atoms with Crippen LogP contribution in [0.1, 0.15) is 77.2 Å². The van der Waals surface area contributed by atoms with Gasteiger partial charge in [-0.05, 0) is 82.4 Å². The highest BCUT2D eigenvalue weighted by atomic mass is 35.5. The monoisotopic (exact) mass is 489 g/mol. The van der Waals surface area contributed by atoms with E-state index in [1.807, 2.05) is 25.1 Å². The lowest BCUT2D eigenvalue weighted by Gasteiger charge is -2.25. The number of carbonyl (C=O) groups excluding carboxylic acids is 3. The molecule has 1 aromatic rings. The van der Waals surface area contributed by atoms with Crippen molar-refractivity contribution in [2.24, 2.45) is 17.6 Å². The van der Waals surface area contributed by atoms with Gasteiger partial charge in [-0.25, -0.2) is 4.79 Å². The van der Waals surface area contributed by atoms with Crippen LogP contribution in [0.3, 0.4) is 0 Å². The second kappa shape index (κ2) is 9.86. The molecule has 186 valence electrons. The van der Waals surface area contributed by atoms with Gasteiger partial charge in [-0.2, -0.15) is 0 Å². The van der Waals surface area contributed by atoms with Gasteiger partial charge in [0.1, 0.15) is 17.4 Å². The summed E-state index contributed by atoms with van der Waals surface area (Å²) in [4.78, 5) is 38.0. The smallest absolute Gasteiger partial charge is 0.408 e. The molecule has 34 heavy (non-hydrogen) atoms. The third-order valence-electron chi connectivity index (χ3n) is 7.36. The molecule has 0 aromatic heterocycles. The summed E-state index contributed by atoms with van der Waals surface area (Å²) in [5, 5.41) is 6.41. The molecule has 3 saturated carbocycles. The first-order valence-corrected chi connectivity index (χ1v) is 12.8. The Labute approximate surface area is 206 Å². The Hall–Kier alpha value is -2.12. The number of alkyl carbamates (subject to hydrolysis) is 1. The van der Waals surface area contributed by atoms with Gasteiger partial charge in [0, 0.05) is 22.5 Å². The number of benzene rings is 1. The van der Waals surface area contributed by atoms with Crippen LogP contribution in [0.4, 0.5) is 4.79 Å². The lowest BCUT2D eigenvalue weighted by molar-refractivity contribution is -0.125. The van der Waals surface area contributed by atoms with Crippen LogP contribution in [0.5, 0.6) is 0 Å². The van der Waals surface area contributed by atoms with Crippen LogP contribution in [0, 0.1) is 11.8 Å². The van der Waals surface area contributed by atoms with Crippen LogP contribution in [-0.4, -0.2) is 35.4 Å². The molecular weight excluding hydrogens is 454 g/mol. The summed E-state index contributed by atoms with van der Waals surface area (Å²) in [6, 6.07) is 6.47. The molecule has 2 amide bonds. The van der Waals surface area contributed by atoms with Gasteiger partial charge in [0.15, 0.2) is 0 Å². The molecule has 0 aliphatic heterocycles. The number of ether oxygens (including phenoxy) is 1. The molecule has 4 N–H and O–H groups in total. The number of nitrogens with two attached hydrogens (primary N) is 1. The maximum Gasteiger partial charge on any atom is 0.408 e. The molecule has 7 nitrogen and oxygen atoms in total. The highest BCUT2D eigenvalue weighted by molar-refractivity contribution is 6.30. The van der Waals surface area contributed by atoms with Crippen molar-refractivity contribution in [3.8, 4) is 0 Å². The van der Waals surface area contributed by atoms with E-state index in [-0.39, 0.29) is 29.2 Å². The minimum atomic E-state index is -0.669. The number of nitrogens with one attached hydrogen (secondary N) is 2. The van der Waals surface area contributed by atoms with Crippen LogP contribution in [0.15, 0.2) is 24.3 Å². The predicted molar refractivity (Wildman–Crippen MR) is 130 cm³/mol. The Morgan fingerprint density at radius 1 is 1.18 bits per heavy atom. The molecular formula is C26H36ClN3O4. The van der Waals surface area contributed by atoms with E-state index in [1.54, 1.807) is 13.0 Å². The van der Waals surface area contributed by atoms with Gasteiger partial charge in [-0.15, -0.1) is 0 Å². The van der Waals surface area contributed by atoms with Gasteiger partial charge in [0.05, 0.1) is 0 Å². The number of ketones is 1. The molecule has 0 unspecified atom stereocenters. The number of amides is 2. The van der Waals surface area contributed by atoms with E-state index >= 15 is 0 Å². The van der Waals surface area contributed by atoms with E-state index in [0.717, 1.165) is 44.1 Å². The number of hydrogen-bond acceptors (Lipinski definition) is 5. The lowest BCUT2D eigenvalue weighted by Crippen LogP contribution is -2.50. The minimum Gasteiger partial charge on any atom is -0.438 e. The second-order valence-electron chi connectivity index (χ2n) is 10.8. The van der Waals surface area contributed by atoms with E-state index in [2.05, 4.69) is 10.6 Å². The van der Waals surface area contributed by atoms with Gasteiger partial charge in [-0.1, -0.05) is 36.6 Å². The summed E-state index contributed by atoms with van der Waals surface area (Å²) in [6.07, 6.45) is 6.67. The van der Waals surface area contributed by atoms with Crippen molar-refractivity contribution < 1.29 is 19.1 Å². The van der Waals surface area contributed by atoms with E-state index in [9.17, 15) is 14.4 Å². The summed E-state index contributed by atoms with van der Waals surface area (Å²) in [7, 11) is 0. The van der Waals surface area contributed by atoms with Gasteiger partial charge in [0.2, 0.25) is 5.91 Å². The Morgan fingerprint density at radius 3 is 2.44 bits per heavy atom. The van der Waals surface area contributed by atoms with Crippen LogP contribution in [-0.2, 0) is 19.9 Å². The standard InChI is InChI=1S/C26H36ClN3O4/c1-16(12-19(17(2)31)15-25(28)8-9-25)29-23(32)22(13-18-6-7-18)30-24(33)34-26(10-11-26)20-4-3-5-21(27)14-20/h3-5,14,16,18-19,22H,6-13,15,28H2,1-2H3,(H,29,32)(H,30,33)/t16-,19-,22+/m1/s1. The SMILES string of the molecule is CC(=O)[C@H](C[C@@H](C)NC(=O)[C@H](CC1CC1)NC(=O)OC1(c2cccc(Cl)c2)CC1)CC1(N)CC1. The Bertz CT molecular complexity index is 940. The van der Waals surface area contributed by atoms with Crippen molar-refractivity contribution in [1.29, 1.82) is 0 Å². The van der Waals surface area contributed by atoms with Crippen LogP contribution < -0.4 is 16.4 Å². The number of Topliss-reactive ketones (excluding diaryl/α,β-unsaturated/α-hetero) is 1. The molecule has 0 radical (unpaired) electrons. The molecule has 8 heteroatoms. The molecule has 4 rings (SSSR count). The zero-order valence-corrected chi connectivity index (χ0v) is 20.8. The Morgan fingerprint density at radius 2 is 1.88 bits per heavy atom. The fraction of sp³-hybridized carbons (Fsp3) is 0.654. The predicted octanol–water partition coefficient (Wildman–Crippen LogP) is 4.21. The number of hydrogen-bond donors (Lipinski definition) is 3. The molecule has 0 bridgehead atoms. The molecule has 3 aliphatic carbocycles. The molecule has 0 spiro atoms. The molecule has 3 atom stereocenters. The van der Waals surface area contributed by atoms with Crippen molar-refractivity contribution in [1.82, 2.24) is 10.6 Å². The fourth-order valence-electron chi connectivity index (χ4n) is 4.68. The Kier molecular flexibility index (Phi) is 7.25. The first kappa shape index (κ1) is 25.0. The average Bonchev–Trinajstić information content (AvgIpc) is 3.62. The summed E-state index contributed by atoms with van der Waals surface area (Å²) < 4.78 is 5.79. The van der Waals surface area contributed by atoms with E-state index < -0.39 is 17.7 Å². The third-order valence-corrected chi connectivity index (χ3v) is 7.60. The quantitative estimate of drug-likeness (QED) is 0.407. The highest BCUT2D eigenvalue weighted by Gasteiger charge is 2.49. The van der Waals surface area contributed by atoms with Crippen molar-refractivity contribution >= 4 is 29.4 Å². The van der Waals surface area contributed by atoms with E-state index in [1.165, 1.54) is 0 Å². The topological polar surface area (TPSA) is 111 Å². The molecule has 1 aromatic carbocycles. The average molecular weight is 490 g/mol. The largest absolute Gasteiger partial charge is 0.438 e. The van der Waals surface area contributed by atoms with Crippen molar-refractivity contribution in [2.75, 3.05) is 0 Å². The molecule has 0 heterocycles. The van der Waals surface area contributed by atoms with E-state index in [0.29, 0.717) is 30.2 Å². The number of rotatable bonds is 12. The van der Waals surface area contributed by atoms with Crippen molar-refractivity contribution in [3.63, 3.8) is 0 Å². The van der Waals surface area contributed by atoms with Gasteiger partial charge >= 0.3 is 6.09 Å². The normalized spacial score (nSPS) is 22.1. The van der Waals surface area contributed by atoms with Crippen LogP contribution in [0.25, 0.3) is 0 Å². The maximum absolute atomic E-state index is 13.1. The van der Waals surface area contributed by atoms with Crippen LogP contribution in [0.2, 0.25) is 5.02 Å². The molecule has 0 saturated heterocycles. The first-order valence-electron chi connectivity index (χ1n) is 12.4. The zero-order chi connectivity index (χ0) is 24.5. The van der Waals surface area contributed by atoms with Crippen molar-refractivity contribution in [3.05, 3.63) is 34.9 Å². The first-order chi connectivity index (χ1) is 16.1. The molecule has 3 aliphatic rings. The summed E-state index contributed by atoms with van der Waals surface area (Å²) in [6.45, 7) is 3.49. The molecule has 3 fully saturated rings. The van der Waals surface area contributed by atoms with Crippen molar-refractivity contribution in [2.45, 2.75) is 94.9 Å².